The van der Waals surface area contributed by atoms with Crippen molar-refractivity contribution < 1.29 is 99.9 Å². The Morgan fingerprint density at radius 3 is 1.18 bits per heavy atom. The van der Waals surface area contributed by atoms with E-state index in [4.69, 9.17) is 66.3 Å². The highest BCUT2D eigenvalue weighted by molar-refractivity contribution is 5.78. The SMILES string of the molecule is CCC(C)(C)C(=O)OC1CCCCO1.CCC(C)(C)C(=O)OC1CCCO1.CCC(C)(C)C(=O)OCOC12CC3CC(CC(C3)C1)C2.CCC(C)C(=O)OC(C)OC(C)(C)C.CCOC(C)OC(=O)C(C)CC.CCOC1(OC(=O)C(C)(C)CC)CCCCC1.CCOCOC(=O)C(C)(C)CC. The largest absolute Gasteiger partial charge is 0.438 e. The molecule has 6 unspecified atom stereocenters. The predicted octanol–water partition coefficient (Wildman–Crippen LogP) is 18.8. The van der Waals surface area contributed by atoms with Gasteiger partial charge in [0.05, 0.1) is 63.3 Å². The van der Waals surface area contributed by atoms with Gasteiger partial charge in [-0.25, -0.2) is 0 Å². The summed E-state index contributed by atoms with van der Waals surface area (Å²) in [6, 6.07) is 0. The maximum absolute atomic E-state index is 12.1. The summed E-state index contributed by atoms with van der Waals surface area (Å²) in [5.41, 5.74) is -2.23. The number of hydrogen-bond donors (Lipinski definition) is 0. The van der Waals surface area contributed by atoms with Crippen molar-refractivity contribution in [3.8, 4) is 0 Å². The van der Waals surface area contributed by atoms with Crippen LogP contribution in [-0.4, -0.2) is 131 Å². The lowest BCUT2D eigenvalue weighted by atomic mass is 9.54. The summed E-state index contributed by atoms with van der Waals surface area (Å²) in [7, 11) is 0. The topological polar surface area (TPSA) is 249 Å². The van der Waals surface area contributed by atoms with Crippen molar-refractivity contribution in [2.24, 2.45) is 56.7 Å². The standard InChI is InChI=1S/C17H28O3.C14H26O3.C11H20O3.C11H22O3.C10H18O3.2C9H18O3/c1-4-16(2,3)15(18)19-11-20-17-8-12-5-13(9-17)7-14(6-12)10-17;1-5-13(3,4)12(15)17-14(16-6-2)10-8-7-9-11-14;1-4-11(2,3)10(12)14-9-7-5-6-8-13-9;1-7-8(2)10(12)13-9(3)14-11(4,5)6;1-4-10(2,3)9(11)13-8-6-5-7-12-8;1-5-9(3,4)8(10)12-7-11-6-2;1-5-7(3)9(10)12-8(4)11-6-2/h12-14H,4-11H2,1-3H3;5-11H2,1-4H3;9H,4-8H2,1-3H3;8-9H,7H2,1-6H3;8H,4-7H2,1-3H3;5-7H2,1-4H3;7-8H,5-6H2,1-4H3. The summed E-state index contributed by atoms with van der Waals surface area (Å²) in [4.78, 5) is 81.1. The van der Waals surface area contributed by atoms with Crippen LogP contribution in [0, 0.1) is 56.7 Å². The predicted molar refractivity (Wildman–Crippen MR) is 397 cm³/mol. The maximum atomic E-state index is 12.1. The molecule has 7 fully saturated rings. The Morgan fingerprint density at radius 2 is 0.824 bits per heavy atom. The quantitative estimate of drug-likeness (QED) is 0.0280. The van der Waals surface area contributed by atoms with E-state index in [9.17, 15) is 33.6 Å². The first-order valence-corrected chi connectivity index (χ1v) is 39.2. The molecule has 0 N–H and O–H groups in total. The van der Waals surface area contributed by atoms with Crippen LogP contribution in [0.1, 0.15) is 335 Å². The van der Waals surface area contributed by atoms with E-state index in [2.05, 4.69) is 0 Å². The van der Waals surface area contributed by atoms with Crippen LogP contribution in [0.15, 0.2) is 0 Å². The molecule has 102 heavy (non-hydrogen) atoms. The molecule has 0 aromatic carbocycles. The van der Waals surface area contributed by atoms with Crippen LogP contribution >= 0.6 is 0 Å². The van der Waals surface area contributed by atoms with E-state index >= 15 is 0 Å². The van der Waals surface area contributed by atoms with E-state index in [-0.39, 0.29) is 102 Å². The lowest BCUT2D eigenvalue weighted by Crippen LogP contribution is -2.52. The molecule has 4 bridgehead atoms. The zero-order valence-electron chi connectivity index (χ0n) is 69.5. The third kappa shape index (κ3) is 38.5. The minimum absolute atomic E-state index is 0.0331. The van der Waals surface area contributed by atoms with Crippen molar-refractivity contribution >= 4 is 41.8 Å². The average molecular weight is 1460 g/mol. The van der Waals surface area contributed by atoms with Gasteiger partial charge < -0.3 is 66.3 Å². The van der Waals surface area contributed by atoms with E-state index in [0.29, 0.717) is 33.0 Å². The Labute approximate surface area is 619 Å². The molecule has 2 aliphatic heterocycles. The molecule has 2 heterocycles. The summed E-state index contributed by atoms with van der Waals surface area (Å²) >= 11 is 0. The molecule has 0 radical (unpaired) electrons. The van der Waals surface area contributed by atoms with E-state index in [1.54, 1.807) is 13.8 Å². The van der Waals surface area contributed by atoms with Crippen molar-refractivity contribution in [3.05, 3.63) is 0 Å². The van der Waals surface area contributed by atoms with Gasteiger partial charge in [-0.15, -0.1) is 0 Å². The molecule has 0 amide bonds. The number of carbonyl (C=O) groups excluding carboxylic acids is 7. The number of rotatable bonds is 30. The summed E-state index contributed by atoms with van der Waals surface area (Å²) in [6.07, 6.45) is 21.7. The number of esters is 7. The molecule has 7 rings (SSSR count). The first-order valence-electron chi connectivity index (χ1n) is 39.2. The van der Waals surface area contributed by atoms with Crippen molar-refractivity contribution in [3.63, 3.8) is 0 Å². The Hall–Kier alpha value is -3.99. The van der Waals surface area contributed by atoms with Gasteiger partial charge in [0.25, 0.3) is 0 Å². The molecule has 7 aliphatic rings. The van der Waals surface area contributed by atoms with E-state index in [1.807, 2.05) is 173 Å². The lowest BCUT2D eigenvalue weighted by molar-refractivity contribution is -0.249. The number of hydrogen-bond acceptors (Lipinski definition) is 21. The summed E-state index contributed by atoms with van der Waals surface area (Å²) in [6.45, 7) is 54.9. The Morgan fingerprint density at radius 1 is 0.431 bits per heavy atom. The van der Waals surface area contributed by atoms with Crippen LogP contribution in [-0.2, 0) is 99.9 Å². The average Bonchev–Trinajstić information content (AvgIpc) is 0.791. The molecule has 0 aromatic heterocycles. The van der Waals surface area contributed by atoms with Gasteiger partial charge in [0, 0.05) is 45.5 Å². The second-order valence-corrected chi connectivity index (χ2v) is 32.7. The highest BCUT2D eigenvalue weighted by atomic mass is 16.7. The van der Waals surface area contributed by atoms with Gasteiger partial charge in [0.2, 0.25) is 24.7 Å². The minimum atomic E-state index is -0.642. The van der Waals surface area contributed by atoms with E-state index < -0.39 is 34.6 Å². The highest BCUT2D eigenvalue weighted by Gasteiger charge is 2.52. The second-order valence-electron chi connectivity index (χ2n) is 32.7. The van der Waals surface area contributed by atoms with E-state index in [1.165, 1.54) is 44.9 Å². The van der Waals surface area contributed by atoms with Crippen LogP contribution in [0.2, 0.25) is 0 Å². The van der Waals surface area contributed by atoms with Crippen LogP contribution < -0.4 is 0 Å². The summed E-state index contributed by atoms with van der Waals surface area (Å²) in [5, 5.41) is 0. The first kappa shape index (κ1) is 98.0. The van der Waals surface area contributed by atoms with Gasteiger partial charge in [-0.3, -0.25) is 33.6 Å². The van der Waals surface area contributed by atoms with Crippen LogP contribution in [0.4, 0.5) is 0 Å². The molecule has 0 aromatic rings. The zero-order chi connectivity index (χ0) is 78.4. The second kappa shape index (κ2) is 48.3. The first-order chi connectivity index (χ1) is 47.4. The Kier molecular flexibility index (Phi) is 46.4. The van der Waals surface area contributed by atoms with Gasteiger partial charge in [0.1, 0.15) is 0 Å². The van der Waals surface area contributed by atoms with Gasteiger partial charge >= 0.3 is 41.8 Å². The van der Waals surface area contributed by atoms with Crippen molar-refractivity contribution in [2.75, 3.05) is 46.6 Å². The third-order valence-corrected chi connectivity index (χ3v) is 20.5. The summed E-state index contributed by atoms with van der Waals surface area (Å²) < 4.78 is 74.4. The molecule has 6 atom stereocenters. The molecular formula is C81H150O21. The van der Waals surface area contributed by atoms with E-state index in [0.717, 1.165) is 120 Å². The van der Waals surface area contributed by atoms with Crippen molar-refractivity contribution in [2.45, 2.75) is 377 Å². The minimum Gasteiger partial charge on any atom is -0.438 e. The lowest BCUT2D eigenvalue weighted by Gasteiger charge is -2.56. The Bertz CT molecular complexity index is 2310. The number of carbonyl (C=O) groups is 7. The molecular weight excluding hydrogens is 1310 g/mol. The molecule has 600 valence electrons. The fourth-order valence-electron chi connectivity index (χ4n) is 11.3. The van der Waals surface area contributed by atoms with Crippen LogP contribution in [0.3, 0.4) is 0 Å². The normalized spacial score (nSPS) is 22.5. The van der Waals surface area contributed by atoms with Crippen molar-refractivity contribution in [1.82, 2.24) is 0 Å². The fourth-order valence-corrected chi connectivity index (χ4v) is 11.3. The highest BCUT2D eigenvalue weighted by Crippen LogP contribution is 2.57. The van der Waals surface area contributed by atoms with Gasteiger partial charge in [-0.2, -0.15) is 0 Å². The summed E-state index contributed by atoms with van der Waals surface area (Å²) in [5.74, 6) is 0.734. The van der Waals surface area contributed by atoms with Crippen molar-refractivity contribution in [1.29, 1.82) is 0 Å². The molecule has 5 saturated carbocycles. The maximum Gasteiger partial charge on any atom is 0.313 e. The molecule has 0 spiro atoms. The monoisotopic (exact) mass is 1460 g/mol. The van der Waals surface area contributed by atoms with Gasteiger partial charge in [0.15, 0.2) is 19.9 Å². The Balaban J connectivity index is 0.00000118. The molecule has 21 nitrogen and oxygen atoms in total. The van der Waals surface area contributed by atoms with Gasteiger partial charge in [-0.1, -0.05) is 68.7 Å². The molecule has 21 heteroatoms. The molecule has 5 aliphatic carbocycles. The third-order valence-electron chi connectivity index (χ3n) is 20.5. The zero-order valence-corrected chi connectivity index (χ0v) is 69.5. The van der Waals surface area contributed by atoms with Gasteiger partial charge in [-0.05, 0) is 258 Å². The van der Waals surface area contributed by atoms with Crippen LogP contribution in [0.25, 0.3) is 0 Å². The fraction of sp³-hybridized carbons (Fsp3) is 0.914. The molecule has 2 saturated heterocycles. The number of ether oxygens (including phenoxy) is 14. The van der Waals surface area contributed by atoms with Crippen LogP contribution in [0.5, 0.6) is 0 Å². The smallest absolute Gasteiger partial charge is 0.313 e.